The molecule has 2 rings (SSSR count). The van der Waals surface area contributed by atoms with Crippen molar-refractivity contribution in [3.8, 4) is 0 Å². The molecule has 7 heteroatoms. The maximum Gasteiger partial charge on any atom is 0.409 e. The number of aromatic amines is 1. The summed E-state index contributed by atoms with van der Waals surface area (Å²) in [5.74, 6) is -0.283. The van der Waals surface area contributed by atoms with Crippen molar-refractivity contribution in [3.63, 3.8) is 0 Å². The van der Waals surface area contributed by atoms with Crippen molar-refractivity contribution in [1.29, 1.82) is 0 Å². The molecule has 1 saturated heterocycles. The normalized spacial score (nSPS) is 18.4. The molecule has 2 heterocycles. The minimum Gasteiger partial charge on any atom is -0.453 e. The number of hydrogen-bond donors (Lipinski definition) is 2. The Morgan fingerprint density at radius 2 is 2.30 bits per heavy atom. The van der Waals surface area contributed by atoms with Crippen LogP contribution >= 0.6 is 0 Å². The highest BCUT2D eigenvalue weighted by Crippen LogP contribution is 2.12. The molecule has 1 fully saturated rings. The van der Waals surface area contributed by atoms with Gasteiger partial charge in [-0.3, -0.25) is 9.59 Å². The van der Waals surface area contributed by atoms with Crippen LogP contribution in [0.1, 0.15) is 33.8 Å². The Balaban J connectivity index is 1.93. The van der Waals surface area contributed by atoms with Crippen molar-refractivity contribution in [2.45, 2.75) is 18.9 Å². The van der Waals surface area contributed by atoms with Crippen LogP contribution in [0.15, 0.2) is 12.1 Å². The van der Waals surface area contributed by atoms with Gasteiger partial charge in [0.25, 0.3) is 5.91 Å². The molecule has 0 aromatic carbocycles. The van der Waals surface area contributed by atoms with E-state index in [9.17, 15) is 14.4 Å². The van der Waals surface area contributed by atoms with Crippen molar-refractivity contribution < 1.29 is 19.1 Å². The lowest BCUT2D eigenvalue weighted by Crippen LogP contribution is -2.49. The largest absolute Gasteiger partial charge is 0.453 e. The molecule has 0 bridgehead atoms. The molecule has 1 atom stereocenters. The lowest BCUT2D eigenvalue weighted by Gasteiger charge is -2.31. The lowest BCUT2D eigenvalue weighted by atomic mass is 10.1. The van der Waals surface area contributed by atoms with Crippen LogP contribution in [-0.4, -0.2) is 54.4 Å². The highest BCUT2D eigenvalue weighted by molar-refractivity contribution is 5.93. The first-order valence-electron chi connectivity index (χ1n) is 6.42. The molecule has 0 aliphatic carbocycles. The van der Waals surface area contributed by atoms with Crippen LogP contribution < -0.4 is 5.32 Å². The Morgan fingerprint density at radius 1 is 1.50 bits per heavy atom. The van der Waals surface area contributed by atoms with E-state index in [0.717, 1.165) is 12.8 Å². The summed E-state index contributed by atoms with van der Waals surface area (Å²) in [4.78, 5) is 38.3. The number of hydrogen-bond acceptors (Lipinski definition) is 4. The Morgan fingerprint density at radius 3 is 2.95 bits per heavy atom. The van der Waals surface area contributed by atoms with E-state index in [4.69, 9.17) is 0 Å². The topological polar surface area (TPSA) is 91.5 Å². The average Bonchev–Trinajstić information content (AvgIpc) is 2.95. The smallest absolute Gasteiger partial charge is 0.409 e. The summed E-state index contributed by atoms with van der Waals surface area (Å²) in [6, 6.07) is 2.99. The number of amides is 2. The molecule has 1 aromatic rings. The predicted molar refractivity (Wildman–Crippen MR) is 70.6 cm³/mol. The van der Waals surface area contributed by atoms with E-state index >= 15 is 0 Å². The van der Waals surface area contributed by atoms with Crippen molar-refractivity contribution in [2.75, 3.05) is 20.2 Å². The van der Waals surface area contributed by atoms with Gasteiger partial charge in [0.2, 0.25) is 0 Å². The summed E-state index contributed by atoms with van der Waals surface area (Å²) < 4.78 is 4.67. The number of carbonyl (C=O) groups is 3. The second-order valence-electron chi connectivity index (χ2n) is 4.67. The molecule has 1 aliphatic heterocycles. The van der Waals surface area contributed by atoms with Gasteiger partial charge in [-0.15, -0.1) is 0 Å². The lowest BCUT2D eigenvalue weighted by molar-refractivity contribution is 0.0861. The highest BCUT2D eigenvalue weighted by atomic mass is 16.5. The summed E-state index contributed by atoms with van der Waals surface area (Å²) in [7, 11) is 1.34. The van der Waals surface area contributed by atoms with Gasteiger partial charge in [-0.1, -0.05) is 0 Å². The van der Waals surface area contributed by atoms with Gasteiger partial charge in [-0.2, -0.15) is 0 Å². The Hall–Kier alpha value is -2.31. The fraction of sp³-hybridized carbons (Fsp3) is 0.462. The Kier molecular flexibility index (Phi) is 4.39. The van der Waals surface area contributed by atoms with Crippen LogP contribution in [0.5, 0.6) is 0 Å². The van der Waals surface area contributed by atoms with Crippen molar-refractivity contribution in [2.24, 2.45) is 0 Å². The molecule has 0 spiro atoms. The van der Waals surface area contributed by atoms with Crippen molar-refractivity contribution >= 4 is 18.3 Å². The summed E-state index contributed by atoms with van der Waals surface area (Å²) in [5.41, 5.74) is 0.692. The van der Waals surface area contributed by atoms with Gasteiger partial charge < -0.3 is 19.9 Å². The maximum atomic E-state index is 12.0. The van der Waals surface area contributed by atoms with E-state index in [-0.39, 0.29) is 18.0 Å². The standard InChI is InChI=1S/C13H17N3O4/c1-20-13(19)16-6-2-3-9(7-16)15-12(18)11-5-4-10(8-17)14-11/h4-5,8-9,14H,2-3,6-7H2,1H3,(H,15,18)/t9-/m1/s1. The molecule has 1 aliphatic rings. The van der Waals surface area contributed by atoms with Gasteiger partial charge in [-0.25, -0.2) is 4.79 Å². The van der Waals surface area contributed by atoms with E-state index in [0.29, 0.717) is 30.8 Å². The third kappa shape index (κ3) is 3.17. The van der Waals surface area contributed by atoms with E-state index in [1.54, 1.807) is 17.0 Å². The van der Waals surface area contributed by atoms with E-state index in [2.05, 4.69) is 15.0 Å². The Bertz CT molecular complexity index is 511. The molecule has 20 heavy (non-hydrogen) atoms. The van der Waals surface area contributed by atoms with Gasteiger partial charge in [0.15, 0.2) is 6.29 Å². The quantitative estimate of drug-likeness (QED) is 0.800. The van der Waals surface area contributed by atoms with Crippen LogP contribution in [0.4, 0.5) is 4.79 Å². The second-order valence-corrected chi connectivity index (χ2v) is 4.67. The molecule has 2 amide bonds. The molecule has 0 radical (unpaired) electrons. The molecule has 0 unspecified atom stereocenters. The number of H-pyrrole nitrogens is 1. The predicted octanol–water partition coefficient (Wildman–Crippen LogP) is 0.788. The van der Waals surface area contributed by atoms with Crippen molar-refractivity contribution in [1.82, 2.24) is 15.2 Å². The first kappa shape index (κ1) is 14.1. The summed E-state index contributed by atoms with van der Waals surface area (Å²) in [6.07, 6.45) is 1.88. The highest BCUT2D eigenvalue weighted by Gasteiger charge is 2.25. The number of nitrogens with one attached hydrogen (secondary N) is 2. The molecule has 2 N–H and O–H groups in total. The van der Waals surface area contributed by atoms with Gasteiger partial charge in [0, 0.05) is 19.1 Å². The fourth-order valence-corrected chi connectivity index (χ4v) is 2.27. The van der Waals surface area contributed by atoms with Gasteiger partial charge in [0.1, 0.15) is 5.69 Å². The van der Waals surface area contributed by atoms with Gasteiger partial charge in [0.05, 0.1) is 12.8 Å². The number of nitrogens with zero attached hydrogens (tertiary/aromatic N) is 1. The van der Waals surface area contributed by atoms with Crippen LogP contribution in [0, 0.1) is 0 Å². The second kappa shape index (κ2) is 6.23. The number of aldehydes is 1. The van der Waals surface area contributed by atoms with Gasteiger partial charge in [-0.05, 0) is 25.0 Å². The molecule has 0 saturated carbocycles. The zero-order valence-electron chi connectivity index (χ0n) is 11.2. The average molecular weight is 279 g/mol. The number of likely N-dealkylation sites (tertiary alicyclic amines) is 1. The van der Waals surface area contributed by atoms with E-state index in [1.807, 2.05) is 0 Å². The third-order valence-electron chi connectivity index (χ3n) is 3.27. The molecule has 108 valence electrons. The van der Waals surface area contributed by atoms with Crippen LogP contribution in [0.25, 0.3) is 0 Å². The fourth-order valence-electron chi connectivity index (χ4n) is 2.27. The molecular formula is C13H17N3O4. The van der Waals surface area contributed by atoms with E-state index in [1.165, 1.54) is 7.11 Å². The Labute approximate surface area is 116 Å². The minimum absolute atomic E-state index is 0.113. The first-order valence-corrected chi connectivity index (χ1v) is 6.42. The number of aromatic nitrogens is 1. The van der Waals surface area contributed by atoms with Crippen LogP contribution in [0.2, 0.25) is 0 Å². The summed E-state index contributed by atoms with van der Waals surface area (Å²) in [6.45, 7) is 1.07. The number of piperidine rings is 1. The van der Waals surface area contributed by atoms with Crippen LogP contribution in [0.3, 0.4) is 0 Å². The number of ether oxygens (including phenoxy) is 1. The number of carbonyl (C=O) groups excluding carboxylic acids is 3. The summed E-state index contributed by atoms with van der Waals surface area (Å²) in [5, 5.41) is 2.85. The first-order chi connectivity index (χ1) is 9.63. The zero-order valence-corrected chi connectivity index (χ0v) is 11.2. The zero-order chi connectivity index (χ0) is 14.5. The number of methoxy groups -OCH3 is 1. The number of rotatable bonds is 3. The monoisotopic (exact) mass is 279 g/mol. The summed E-state index contributed by atoms with van der Waals surface area (Å²) >= 11 is 0. The third-order valence-corrected chi connectivity index (χ3v) is 3.27. The molecular weight excluding hydrogens is 262 g/mol. The van der Waals surface area contributed by atoms with Crippen molar-refractivity contribution in [3.05, 3.63) is 23.5 Å². The molecule has 1 aromatic heterocycles. The minimum atomic E-state index is -0.382. The van der Waals surface area contributed by atoms with Crippen LogP contribution in [-0.2, 0) is 4.74 Å². The maximum absolute atomic E-state index is 12.0. The SMILES string of the molecule is COC(=O)N1CCC[C@@H](NC(=O)c2ccc(C=O)[nH]2)C1. The van der Waals surface area contributed by atoms with Gasteiger partial charge >= 0.3 is 6.09 Å². The molecule has 7 nitrogen and oxygen atoms in total. The van der Waals surface area contributed by atoms with E-state index < -0.39 is 0 Å².